The number of hydrogen-bond donors (Lipinski definition) is 0. The average Bonchev–Trinajstić information content (AvgIpc) is 1.83. The fourth-order valence-electron chi connectivity index (χ4n) is 1.48. The zero-order valence-corrected chi connectivity index (χ0v) is 9.60. The number of pyridine rings is 1. The second-order valence-corrected chi connectivity index (χ2v) is 9.37. The molecule has 0 spiro atoms. The molecule has 1 nitrogen and oxygen atoms in total. The summed E-state index contributed by atoms with van der Waals surface area (Å²) in [7, 11) is -1.16. The van der Waals surface area contributed by atoms with Gasteiger partial charge in [0.05, 0.1) is 8.07 Å². The van der Waals surface area contributed by atoms with Crippen molar-refractivity contribution in [1.29, 1.82) is 0 Å². The minimum absolute atomic E-state index is 1.12. The topological polar surface area (TPSA) is 12.9 Å². The van der Waals surface area contributed by atoms with Gasteiger partial charge >= 0.3 is 0 Å². The van der Waals surface area contributed by atoms with Gasteiger partial charge in [0.15, 0.2) is 0 Å². The third-order valence-electron chi connectivity index (χ3n) is 2.03. The fraction of sp³-hybridized carbons (Fsp3) is 0.500. The van der Waals surface area contributed by atoms with Crippen molar-refractivity contribution in [3.63, 3.8) is 0 Å². The Morgan fingerprint density at radius 2 is 1.67 bits per heavy atom. The van der Waals surface area contributed by atoms with Gasteiger partial charge in [-0.15, -0.1) is 0 Å². The lowest BCUT2D eigenvalue weighted by molar-refractivity contribution is 1.13. The summed E-state index contributed by atoms with van der Waals surface area (Å²) in [5.41, 5.74) is 2.34. The van der Waals surface area contributed by atoms with E-state index in [1.54, 1.807) is 0 Å². The van der Waals surface area contributed by atoms with Crippen molar-refractivity contribution < 1.29 is 0 Å². The van der Waals surface area contributed by atoms with E-state index in [0.29, 0.717) is 0 Å². The molecular formula is C10H17NSi. The lowest BCUT2D eigenvalue weighted by atomic mass is 10.3. The van der Waals surface area contributed by atoms with Crippen molar-refractivity contribution in [2.24, 2.45) is 0 Å². The Kier molecular flexibility index (Phi) is 2.38. The van der Waals surface area contributed by atoms with Gasteiger partial charge in [-0.25, -0.2) is 0 Å². The largest absolute Gasteiger partial charge is 0.259 e. The SMILES string of the molecule is Cc1ccc([Si](C)(C)C)c(C)n1. The van der Waals surface area contributed by atoms with E-state index < -0.39 is 8.07 Å². The summed E-state index contributed by atoms with van der Waals surface area (Å²) in [5.74, 6) is 0. The van der Waals surface area contributed by atoms with Gasteiger partial charge in [0.2, 0.25) is 0 Å². The van der Waals surface area contributed by atoms with E-state index in [4.69, 9.17) is 0 Å². The minimum Gasteiger partial charge on any atom is -0.259 e. The van der Waals surface area contributed by atoms with E-state index >= 15 is 0 Å². The highest BCUT2D eigenvalue weighted by molar-refractivity contribution is 6.88. The monoisotopic (exact) mass is 179 g/mol. The molecule has 0 aromatic carbocycles. The van der Waals surface area contributed by atoms with E-state index in [2.05, 4.69) is 43.7 Å². The van der Waals surface area contributed by atoms with Gasteiger partial charge in [-0.3, -0.25) is 4.98 Å². The molecule has 1 heterocycles. The number of rotatable bonds is 1. The maximum Gasteiger partial charge on any atom is 0.0799 e. The molecule has 66 valence electrons. The maximum absolute atomic E-state index is 4.47. The first-order valence-corrected chi connectivity index (χ1v) is 7.86. The summed E-state index contributed by atoms with van der Waals surface area (Å²) < 4.78 is 0. The van der Waals surface area contributed by atoms with E-state index in [1.807, 2.05) is 6.92 Å². The smallest absolute Gasteiger partial charge is 0.0799 e. The van der Waals surface area contributed by atoms with Crippen molar-refractivity contribution in [2.75, 3.05) is 0 Å². The lowest BCUT2D eigenvalue weighted by Gasteiger charge is -2.18. The van der Waals surface area contributed by atoms with E-state index in [0.717, 1.165) is 5.69 Å². The fourth-order valence-corrected chi connectivity index (χ4v) is 3.20. The number of aromatic nitrogens is 1. The lowest BCUT2D eigenvalue weighted by Crippen LogP contribution is -2.39. The van der Waals surface area contributed by atoms with Crippen LogP contribution in [0, 0.1) is 13.8 Å². The highest BCUT2D eigenvalue weighted by Gasteiger charge is 2.18. The summed E-state index contributed by atoms with van der Waals surface area (Å²) in [4.78, 5) is 4.47. The molecule has 1 rings (SSSR count). The Labute approximate surface area is 75.9 Å². The zero-order chi connectivity index (χ0) is 9.35. The molecule has 1 aromatic heterocycles. The molecule has 0 N–H and O–H groups in total. The van der Waals surface area contributed by atoms with Crippen LogP contribution in [0.1, 0.15) is 11.4 Å². The molecule has 1 aromatic rings. The van der Waals surface area contributed by atoms with Crippen LogP contribution in [0.4, 0.5) is 0 Å². The van der Waals surface area contributed by atoms with Crippen molar-refractivity contribution in [1.82, 2.24) is 4.98 Å². The quantitative estimate of drug-likeness (QED) is 0.603. The molecule has 2 heteroatoms. The van der Waals surface area contributed by atoms with Gasteiger partial charge in [0.25, 0.3) is 0 Å². The summed E-state index contributed by atoms with van der Waals surface area (Å²) in [6, 6.07) is 4.35. The predicted molar refractivity (Wildman–Crippen MR) is 56.7 cm³/mol. The van der Waals surface area contributed by atoms with Crippen LogP contribution in [0.5, 0.6) is 0 Å². The Morgan fingerprint density at radius 3 is 2.08 bits per heavy atom. The predicted octanol–water partition coefficient (Wildman–Crippen LogP) is 2.24. The number of hydrogen-bond acceptors (Lipinski definition) is 1. The molecule has 12 heavy (non-hydrogen) atoms. The molecule has 0 bridgehead atoms. The highest BCUT2D eigenvalue weighted by Crippen LogP contribution is 2.05. The van der Waals surface area contributed by atoms with Crippen LogP contribution in [0.15, 0.2) is 12.1 Å². The van der Waals surface area contributed by atoms with Crippen LogP contribution in [0.3, 0.4) is 0 Å². The number of aryl methyl sites for hydroxylation is 2. The standard InChI is InChI=1S/C10H17NSi/c1-8-6-7-10(9(2)11-8)12(3,4)5/h6-7H,1-5H3. The molecule has 0 aliphatic carbocycles. The van der Waals surface area contributed by atoms with Gasteiger partial charge in [0.1, 0.15) is 0 Å². The van der Waals surface area contributed by atoms with Gasteiger partial charge in [-0.2, -0.15) is 0 Å². The average molecular weight is 179 g/mol. The van der Waals surface area contributed by atoms with Crippen LogP contribution in [-0.2, 0) is 0 Å². The molecule has 0 aliphatic heterocycles. The molecule has 0 radical (unpaired) electrons. The second-order valence-electron chi connectivity index (χ2n) is 4.34. The Balaban J connectivity index is 3.19. The summed E-state index contributed by atoms with van der Waals surface area (Å²) >= 11 is 0. The first-order valence-electron chi connectivity index (χ1n) is 4.36. The molecule has 0 fully saturated rings. The van der Waals surface area contributed by atoms with Gasteiger partial charge < -0.3 is 0 Å². The summed E-state index contributed by atoms with van der Waals surface area (Å²) in [6.45, 7) is 11.2. The zero-order valence-electron chi connectivity index (χ0n) is 8.60. The second kappa shape index (κ2) is 3.02. The molecule has 0 saturated carbocycles. The molecule has 0 aliphatic rings. The van der Waals surface area contributed by atoms with Crippen LogP contribution in [-0.4, -0.2) is 13.1 Å². The molecular weight excluding hydrogens is 162 g/mol. The van der Waals surface area contributed by atoms with Gasteiger partial charge in [-0.05, 0) is 25.1 Å². The van der Waals surface area contributed by atoms with Crippen molar-refractivity contribution in [2.45, 2.75) is 33.5 Å². The Bertz CT molecular complexity index is 286. The highest BCUT2D eigenvalue weighted by atomic mass is 28.3. The minimum atomic E-state index is -1.16. The van der Waals surface area contributed by atoms with Crippen LogP contribution in [0.25, 0.3) is 0 Å². The van der Waals surface area contributed by atoms with E-state index in [-0.39, 0.29) is 0 Å². The van der Waals surface area contributed by atoms with E-state index in [9.17, 15) is 0 Å². The van der Waals surface area contributed by atoms with E-state index in [1.165, 1.54) is 10.9 Å². The Morgan fingerprint density at radius 1 is 1.08 bits per heavy atom. The van der Waals surface area contributed by atoms with Crippen LogP contribution >= 0.6 is 0 Å². The molecule has 0 saturated heterocycles. The van der Waals surface area contributed by atoms with Crippen molar-refractivity contribution in [3.8, 4) is 0 Å². The summed E-state index contributed by atoms with van der Waals surface area (Å²) in [5, 5.41) is 1.48. The van der Waals surface area contributed by atoms with Crippen molar-refractivity contribution >= 4 is 13.3 Å². The third kappa shape index (κ3) is 1.94. The van der Waals surface area contributed by atoms with Crippen LogP contribution in [0.2, 0.25) is 19.6 Å². The third-order valence-corrected chi connectivity index (χ3v) is 4.18. The molecule has 0 amide bonds. The van der Waals surface area contributed by atoms with Crippen LogP contribution < -0.4 is 5.19 Å². The first-order chi connectivity index (χ1) is 5.41. The van der Waals surface area contributed by atoms with Crippen molar-refractivity contribution in [3.05, 3.63) is 23.5 Å². The first kappa shape index (κ1) is 9.45. The Hall–Kier alpha value is -0.633. The number of nitrogens with zero attached hydrogens (tertiary/aromatic N) is 1. The maximum atomic E-state index is 4.47. The molecule has 0 atom stereocenters. The van der Waals surface area contributed by atoms with Gasteiger partial charge in [0, 0.05) is 11.4 Å². The van der Waals surface area contributed by atoms with Gasteiger partial charge in [-0.1, -0.05) is 25.7 Å². The normalized spacial score (nSPS) is 11.8. The summed E-state index contributed by atoms with van der Waals surface area (Å²) in [6.07, 6.45) is 0. The molecule has 0 unspecified atom stereocenters.